The molecule has 1 saturated heterocycles. The minimum absolute atomic E-state index is 0.0556. The third-order valence-corrected chi connectivity index (χ3v) is 3.22. The van der Waals surface area contributed by atoms with Gasteiger partial charge in [-0.2, -0.15) is 5.10 Å². The summed E-state index contributed by atoms with van der Waals surface area (Å²) in [6, 6.07) is 1.53. The van der Waals surface area contributed by atoms with E-state index in [1.165, 1.54) is 12.3 Å². The molecule has 0 bridgehead atoms. The summed E-state index contributed by atoms with van der Waals surface area (Å²) in [5, 5.41) is 6.24. The van der Waals surface area contributed by atoms with E-state index in [-0.39, 0.29) is 17.5 Å². The highest BCUT2D eigenvalue weighted by Gasteiger charge is 2.32. The molecule has 2 heterocycles. The van der Waals surface area contributed by atoms with Crippen molar-refractivity contribution in [3.63, 3.8) is 0 Å². The molecule has 0 unspecified atom stereocenters. The van der Waals surface area contributed by atoms with Gasteiger partial charge in [-0.1, -0.05) is 13.8 Å². The number of carbonyl (C=O) groups excluding carboxylic acids is 2. The molecule has 1 aliphatic rings. The SMILES string of the molecule is CC(C)[C@@H](OC(=O)c1ccn[nH]1)C(=O)N1CCCC1. The second-order valence-electron chi connectivity index (χ2n) is 5.07. The Hall–Kier alpha value is -1.85. The Balaban J connectivity index is 2.03. The van der Waals surface area contributed by atoms with Gasteiger partial charge in [-0.3, -0.25) is 9.89 Å². The van der Waals surface area contributed by atoms with Gasteiger partial charge in [0.1, 0.15) is 5.69 Å². The Bertz CT molecular complexity index is 436. The van der Waals surface area contributed by atoms with Gasteiger partial charge in [0.2, 0.25) is 0 Å². The van der Waals surface area contributed by atoms with E-state index in [2.05, 4.69) is 10.2 Å². The maximum atomic E-state index is 12.3. The highest BCUT2D eigenvalue weighted by Crippen LogP contribution is 2.16. The number of likely N-dealkylation sites (tertiary alicyclic amines) is 1. The van der Waals surface area contributed by atoms with E-state index in [1.54, 1.807) is 4.90 Å². The monoisotopic (exact) mass is 265 g/mol. The van der Waals surface area contributed by atoms with Gasteiger partial charge in [-0.25, -0.2) is 4.79 Å². The first-order chi connectivity index (χ1) is 9.09. The standard InChI is InChI=1S/C13H19N3O3/c1-9(2)11(12(17)16-7-3-4-8-16)19-13(18)10-5-6-14-15-10/h5-6,9,11H,3-4,7-8H2,1-2H3,(H,14,15)/t11-/m1/s1. The van der Waals surface area contributed by atoms with E-state index in [0.717, 1.165) is 25.9 Å². The van der Waals surface area contributed by atoms with Crippen molar-refractivity contribution < 1.29 is 14.3 Å². The van der Waals surface area contributed by atoms with Crippen LogP contribution in [0.2, 0.25) is 0 Å². The molecule has 0 spiro atoms. The molecular formula is C13H19N3O3. The van der Waals surface area contributed by atoms with Gasteiger partial charge in [0.25, 0.3) is 5.91 Å². The third kappa shape index (κ3) is 3.13. The van der Waals surface area contributed by atoms with Crippen molar-refractivity contribution in [3.05, 3.63) is 18.0 Å². The van der Waals surface area contributed by atoms with E-state index < -0.39 is 12.1 Å². The number of hydrogen-bond donors (Lipinski definition) is 1. The predicted octanol–water partition coefficient (Wildman–Crippen LogP) is 1.21. The van der Waals surface area contributed by atoms with E-state index >= 15 is 0 Å². The fraction of sp³-hybridized carbons (Fsp3) is 0.615. The Labute approximate surface area is 112 Å². The van der Waals surface area contributed by atoms with Crippen LogP contribution in [0.15, 0.2) is 12.3 Å². The topological polar surface area (TPSA) is 75.3 Å². The number of nitrogens with zero attached hydrogens (tertiary/aromatic N) is 2. The number of carbonyl (C=O) groups is 2. The van der Waals surface area contributed by atoms with Gasteiger partial charge in [-0.15, -0.1) is 0 Å². The fourth-order valence-electron chi connectivity index (χ4n) is 2.14. The van der Waals surface area contributed by atoms with Crippen molar-refractivity contribution in [1.29, 1.82) is 0 Å². The quantitative estimate of drug-likeness (QED) is 0.830. The first kappa shape index (κ1) is 13.6. The van der Waals surface area contributed by atoms with Crippen LogP contribution in [0.25, 0.3) is 0 Å². The van der Waals surface area contributed by atoms with E-state index in [1.807, 2.05) is 13.8 Å². The lowest BCUT2D eigenvalue weighted by atomic mass is 10.1. The number of aromatic nitrogens is 2. The van der Waals surface area contributed by atoms with Crippen LogP contribution in [0.3, 0.4) is 0 Å². The van der Waals surface area contributed by atoms with Gasteiger partial charge >= 0.3 is 5.97 Å². The number of rotatable bonds is 4. The smallest absolute Gasteiger partial charge is 0.357 e. The molecule has 0 aromatic carbocycles. The van der Waals surface area contributed by atoms with Crippen LogP contribution in [0, 0.1) is 5.92 Å². The Morgan fingerprint density at radius 2 is 2.05 bits per heavy atom. The van der Waals surface area contributed by atoms with Gasteiger partial charge < -0.3 is 9.64 Å². The summed E-state index contributed by atoms with van der Waals surface area (Å²) in [6.07, 6.45) is 2.79. The van der Waals surface area contributed by atoms with Crippen molar-refractivity contribution in [3.8, 4) is 0 Å². The lowest BCUT2D eigenvalue weighted by molar-refractivity contribution is -0.141. The lowest BCUT2D eigenvalue weighted by Crippen LogP contribution is -2.42. The summed E-state index contributed by atoms with van der Waals surface area (Å²) in [6.45, 7) is 5.26. The molecule has 1 atom stereocenters. The molecule has 2 rings (SSSR count). The summed E-state index contributed by atoms with van der Waals surface area (Å²) in [4.78, 5) is 26.0. The lowest BCUT2D eigenvalue weighted by Gasteiger charge is -2.25. The minimum Gasteiger partial charge on any atom is -0.447 e. The highest BCUT2D eigenvalue weighted by molar-refractivity contribution is 5.90. The van der Waals surface area contributed by atoms with E-state index in [0.29, 0.717) is 0 Å². The molecule has 1 fully saturated rings. The van der Waals surface area contributed by atoms with Crippen LogP contribution in [-0.2, 0) is 9.53 Å². The molecule has 0 radical (unpaired) electrons. The number of hydrogen-bond acceptors (Lipinski definition) is 4. The molecule has 6 heteroatoms. The average molecular weight is 265 g/mol. The predicted molar refractivity (Wildman–Crippen MR) is 68.4 cm³/mol. The Morgan fingerprint density at radius 3 is 2.58 bits per heavy atom. The second kappa shape index (κ2) is 5.86. The van der Waals surface area contributed by atoms with Crippen LogP contribution in [0.1, 0.15) is 37.2 Å². The highest BCUT2D eigenvalue weighted by atomic mass is 16.5. The van der Waals surface area contributed by atoms with Crippen molar-refractivity contribution in [1.82, 2.24) is 15.1 Å². The zero-order chi connectivity index (χ0) is 13.8. The maximum Gasteiger partial charge on any atom is 0.357 e. The molecule has 19 heavy (non-hydrogen) atoms. The van der Waals surface area contributed by atoms with Crippen LogP contribution in [-0.4, -0.2) is 46.2 Å². The number of ether oxygens (including phenoxy) is 1. The van der Waals surface area contributed by atoms with Crippen LogP contribution < -0.4 is 0 Å². The van der Waals surface area contributed by atoms with Gasteiger partial charge in [0, 0.05) is 19.3 Å². The number of amides is 1. The minimum atomic E-state index is -0.728. The summed E-state index contributed by atoms with van der Waals surface area (Å²) < 4.78 is 5.33. The van der Waals surface area contributed by atoms with Crippen molar-refractivity contribution in [2.45, 2.75) is 32.8 Å². The first-order valence-electron chi connectivity index (χ1n) is 6.58. The molecular weight excluding hydrogens is 246 g/mol. The van der Waals surface area contributed by atoms with Gasteiger partial charge in [-0.05, 0) is 24.8 Å². The molecule has 6 nitrogen and oxygen atoms in total. The number of aromatic amines is 1. The molecule has 1 aromatic heterocycles. The summed E-state index contributed by atoms with van der Waals surface area (Å²) in [5.74, 6) is -0.691. The maximum absolute atomic E-state index is 12.3. The van der Waals surface area contributed by atoms with E-state index in [4.69, 9.17) is 4.74 Å². The number of H-pyrrole nitrogens is 1. The van der Waals surface area contributed by atoms with Gasteiger partial charge in [0.05, 0.1) is 0 Å². The number of esters is 1. The molecule has 1 aromatic rings. The summed E-state index contributed by atoms with van der Waals surface area (Å²) in [7, 11) is 0. The molecule has 1 N–H and O–H groups in total. The Morgan fingerprint density at radius 1 is 1.37 bits per heavy atom. The van der Waals surface area contributed by atoms with Gasteiger partial charge in [0.15, 0.2) is 6.10 Å². The van der Waals surface area contributed by atoms with Crippen LogP contribution >= 0.6 is 0 Å². The first-order valence-corrected chi connectivity index (χ1v) is 6.58. The molecule has 0 saturated carbocycles. The zero-order valence-corrected chi connectivity index (χ0v) is 11.3. The molecule has 104 valence electrons. The average Bonchev–Trinajstić information content (AvgIpc) is 3.05. The van der Waals surface area contributed by atoms with Crippen molar-refractivity contribution in [2.75, 3.05) is 13.1 Å². The zero-order valence-electron chi connectivity index (χ0n) is 11.3. The van der Waals surface area contributed by atoms with Crippen molar-refractivity contribution in [2.24, 2.45) is 5.92 Å². The normalized spacial score (nSPS) is 16.7. The molecule has 0 aliphatic carbocycles. The summed E-state index contributed by atoms with van der Waals surface area (Å²) >= 11 is 0. The largest absolute Gasteiger partial charge is 0.447 e. The summed E-state index contributed by atoms with van der Waals surface area (Å²) in [5.41, 5.74) is 0.264. The number of nitrogens with one attached hydrogen (secondary N) is 1. The molecule has 1 aliphatic heterocycles. The fourth-order valence-corrected chi connectivity index (χ4v) is 2.14. The van der Waals surface area contributed by atoms with Crippen molar-refractivity contribution >= 4 is 11.9 Å². The van der Waals surface area contributed by atoms with E-state index in [9.17, 15) is 9.59 Å². The second-order valence-corrected chi connectivity index (χ2v) is 5.07. The molecule has 1 amide bonds. The van der Waals surface area contributed by atoms with Crippen LogP contribution in [0.5, 0.6) is 0 Å². The Kier molecular flexibility index (Phi) is 4.19. The van der Waals surface area contributed by atoms with Crippen LogP contribution in [0.4, 0.5) is 0 Å². The third-order valence-electron chi connectivity index (χ3n) is 3.22.